The van der Waals surface area contributed by atoms with E-state index in [4.69, 9.17) is 5.26 Å². The van der Waals surface area contributed by atoms with Gasteiger partial charge in [0.15, 0.2) is 11.0 Å². The highest BCUT2D eigenvalue weighted by atomic mass is 32.1. The largest absolute Gasteiger partial charge is 0.300 e. The van der Waals surface area contributed by atoms with Gasteiger partial charge in [0.05, 0.1) is 6.07 Å². The molecule has 1 amide bonds. The van der Waals surface area contributed by atoms with Gasteiger partial charge in [-0.15, -0.1) is 22.7 Å². The van der Waals surface area contributed by atoms with Gasteiger partial charge in [-0.05, 0) is 6.92 Å². The van der Waals surface area contributed by atoms with E-state index in [9.17, 15) is 4.79 Å². The lowest BCUT2D eigenvalue weighted by Crippen LogP contribution is -2.19. The number of thiazole rings is 2. The van der Waals surface area contributed by atoms with Gasteiger partial charge in [-0.3, -0.25) is 4.79 Å². The summed E-state index contributed by atoms with van der Waals surface area (Å²) in [6.45, 7) is 1.83. The Balaban J connectivity index is 2.14. The van der Waals surface area contributed by atoms with Crippen LogP contribution in [0.3, 0.4) is 0 Å². The fourth-order valence-electron chi connectivity index (χ4n) is 1.19. The van der Waals surface area contributed by atoms with Crippen LogP contribution in [0, 0.1) is 18.3 Å². The Morgan fingerprint density at radius 1 is 1.59 bits per heavy atom. The number of carbonyl (C=O) groups is 1. The quantitative estimate of drug-likeness (QED) is 0.921. The topological polar surface area (TPSA) is 78.7 Å². The van der Waals surface area contributed by atoms with Crippen LogP contribution in [0.2, 0.25) is 0 Å². The molecule has 86 valence electrons. The minimum absolute atomic E-state index is 0.392. The molecule has 0 aliphatic rings. The number of aryl methyl sites for hydroxylation is 1. The van der Waals surface area contributed by atoms with E-state index in [1.807, 2.05) is 18.4 Å². The molecule has 0 radical (unpaired) electrons. The summed E-state index contributed by atoms with van der Waals surface area (Å²) in [5.74, 6) is -1.27. The van der Waals surface area contributed by atoms with Crippen molar-refractivity contribution in [2.45, 2.75) is 12.8 Å². The molecule has 0 saturated heterocycles. The predicted octanol–water partition coefficient (Wildman–Crippen LogP) is 2.15. The number of aromatic nitrogens is 2. The number of nitrogens with one attached hydrogen (secondary N) is 1. The highest BCUT2D eigenvalue weighted by Gasteiger charge is 2.23. The lowest BCUT2D eigenvalue weighted by molar-refractivity contribution is -0.116. The van der Waals surface area contributed by atoms with Crippen molar-refractivity contribution in [2.24, 2.45) is 0 Å². The molecule has 2 aromatic rings. The molecule has 0 spiro atoms. The van der Waals surface area contributed by atoms with Crippen molar-refractivity contribution < 1.29 is 4.79 Å². The zero-order valence-electron chi connectivity index (χ0n) is 8.88. The lowest BCUT2D eigenvalue weighted by Gasteiger charge is -2.04. The van der Waals surface area contributed by atoms with Crippen molar-refractivity contribution in [1.82, 2.24) is 9.97 Å². The monoisotopic (exact) mass is 264 g/mol. The normalized spacial score (nSPS) is 11.8. The summed E-state index contributed by atoms with van der Waals surface area (Å²) in [7, 11) is 0. The minimum Gasteiger partial charge on any atom is -0.300 e. The number of nitrogens with zero attached hydrogens (tertiary/aromatic N) is 3. The predicted molar refractivity (Wildman–Crippen MR) is 65.9 cm³/mol. The average molecular weight is 264 g/mol. The fourth-order valence-corrected chi connectivity index (χ4v) is 2.56. The first-order valence-corrected chi connectivity index (χ1v) is 6.48. The van der Waals surface area contributed by atoms with Crippen molar-refractivity contribution >= 4 is 33.7 Å². The first-order chi connectivity index (χ1) is 8.20. The third kappa shape index (κ3) is 2.67. The molecule has 0 fully saturated rings. The first kappa shape index (κ1) is 11.7. The van der Waals surface area contributed by atoms with Crippen LogP contribution < -0.4 is 5.32 Å². The summed E-state index contributed by atoms with van der Waals surface area (Å²) in [4.78, 5) is 19.9. The Bertz CT molecular complexity index is 555. The summed E-state index contributed by atoms with van der Waals surface area (Å²) >= 11 is 2.62. The second kappa shape index (κ2) is 5.03. The summed E-state index contributed by atoms with van der Waals surface area (Å²) in [5, 5.41) is 16.2. The SMILES string of the molecule is Cc1csc([C@@H](C#N)C(=O)Nc2nccs2)n1. The Labute approximate surface area is 106 Å². The van der Waals surface area contributed by atoms with E-state index in [2.05, 4.69) is 15.3 Å². The number of hydrogen-bond donors (Lipinski definition) is 1. The van der Waals surface area contributed by atoms with E-state index in [1.54, 1.807) is 11.6 Å². The van der Waals surface area contributed by atoms with E-state index < -0.39 is 11.8 Å². The third-order valence-corrected chi connectivity index (χ3v) is 3.65. The van der Waals surface area contributed by atoms with Crippen LogP contribution >= 0.6 is 22.7 Å². The van der Waals surface area contributed by atoms with Crippen LogP contribution in [0.1, 0.15) is 16.6 Å². The molecule has 0 unspecified atom stereocenters. The molecule has 1 N–H and O–H groups in total. The molecular formula is C10H8N4OS2. The molecule has 2 rings (SSSR count). The molecule has 5 nitrogen and oxygen atoms in total. The van der Waals surface area contributed by atoms with Gasteiger partial charge in [0, 0.05) is 22.7 Å². The Morgan fingerprint density at radius 2 is 2.41 bits per heavy atom. The smallest absolute Gasteiger partial charge is 0.250 e. The maximum absolute atomic E-state index is 11.9. The molecule has 0 aromatic carbocycles. The maximum atomic E-state index is 11.9. The van der Waals surface area contributed by atoms with Crippen LogP contribution in [0.5, 0.6) is 0 Å². The van der Waals surface area contributed by atoms with Gasteiger partial charge in [-0.2, -0.15) is 5.26 Å². The molecule has 7 heteroatoms. The molecule has 0 aliphatic heterocycles. The first-order valence-electron chi connectivity index (χ1n) is 4.72. The van der Waals surface area contributed by atoms with Gasteiger partial charge < -0.3 is 5.32 Å². The number of anilines is 1. The molecular weight excluding hydrogens is 256 g/mol. The Hall–Kier alpha value is -1.78. The summed E-state index contributed by atoms with van der Waals surface area (Å²) in [6.07, 6.45) is 1.59. The average Bonchev–Trinajstić information content (AvgIpc) is 2.91. The van der Waals surface area contributed by atoms with Crippen molar-refractivity contribution in [3.63, 3.8) is 0 Å². The second-order valence-electron chi connectivity index (χ2n) is 3.22. The second-order valence-corrected chi connectivity index (χ2v) is 5.00. The van der Waals surface area contributed by atoms with Crippen LogP contribution in [-0.2, 0) is 4.79 Å². The maximum Gasteiger partial charge on any atom is 0.250 e. The van der Waals surface area contributed by atoms with Crippen molar-refractivity contribution in [1.29, 1.82) is 5.26 Å². The van der Waals surface area contributed by atoms with Crippen LogP contribution in [-0.4, -0.2) is 15.9 Å². The molecule has 2 aromatic heterocycles. The number of rotatable bonds is 3. The Kier molecular flexibility index (Phi) is 3.46. The standard InChI is InChI=1S/C10H8N4OS2/c1-6-5-17-9(13-6)7(4-11)8(15)14-10-12-2-3-16-10/h2-3,5,7H,1H3,(H,12,14,15)/t7-/m0/s1. The van der Waals surface area contributed by atoms with E-state index in [0.29, 0.717) is 10.1 Å². The minimum atomic E-state index is -0.877. The molecule has 0 aliphatic carbocycles. The Morgan fingerprint density at radius 3 is 2.94 bits per heavy atom. The van der Waals surface area contributed by atoms with Gasteiger partial charge in [-0.25, -0.2) is 9.97 Å². The lowest BCUT2D eigenvalue weighted by atomic mass is 10.2. The zero-order valence-corrected chi connectivity index (χ0v) is 10.5. The zero-order chi connectivity index (χ0) is 12.3. The number of hydrogen-bond acceptors (Lipinski definition) is 6. The number of amides is 1. The van der Waals surface area contributed by atoms with Crippen molar-refractivity contribution in [3.05, 3.63) is 27.7 Å². The van der Waals surface area contributed by atoms with Crippen LogP contribution in [0.15, 0.2) is 17.0 Å². The molecule has 1 atom stereocenters. The molecule has 0 saturated carbocycles. The van der Waals surface area contributed by atoms with Crippen molar-refractivity contribution in [2.75, 3.05) is 5.32 Å². The third-order valence-electron chi connectivity index (χ3n) is 1.94. The van der Waals surface area contributed by atoms with E-state index >= 15 is 0 Å². The van der Waals surface area contributed by atoms with E-state index in [0.717, 1.165) is 5.69 Å². The number of carbonyl (C=O) groups excluding carboxylic acids is 1. The van der Waals surface area contributed by atoms with E-state index in [-0.39, 0.29) is 0 Å². The summed E-state index contributed by atoms with van der Waals surface area (Å²) < 4.78 is 0. The number of nitriles is 1. The fraction of sp³-hybridized carbons (Fsp3) is 0.200. The molecule has 0 bridgehead atoms. The van der Waals surface area contributed by atoms with Gasteiger partial charge in [-0.1, -0.05) is 0 Å². The van der Waals surface area contributed by atoms with E-state index in [1.165, 1.54) is 22.7 Å². The highest BCUT2D eigenvalue weighted by Crippen LogP contribution is 2.22. The van der Waals surface area contributed by atoms with Crippen LogP contribution in [0.4, 0.5) is 5.13 Å². The van der Waals surface area contributed by atoms with Gasteiger partial charge in [0.25, 0.3) is 5.91 Å². The molecule has 17 heavy (non-hydrogen) atoms. The summed E-state index contributed by atoms with van der Waals surface area (Å²) in [5.41, 5.74) is 0.812. The van der Waals surface area contributed by atoms with Crippen LogP contribution in [0.25, 0.3) is 0 Å². The molecule has 2 heterocycles. The highest BCUT2D eigenvalue weighted by molar-refractivity contribution is 7.13. The van der Waals surface area contributed by atoms with Gasteiger partial charge in [0.1, 0.15) is 5.01 Å². The van der Waals surface area contributed by atoms with Crippen molar-refractivity contribution in [3.8, 4) is 6.07 Å². The van der Waals surface area contributed by atoms with Gasteiger partial charge in [0.2, 0.25) is 0 Å². The summed E-state index contributed by atoms with van der Waals surface area (Å²) in [6, 6.07) is 1.96. The van der Waals surface area contributed by atoms with Gasteiger partial charge >= 0.3 is 0 Å².